The molecule has 1 atom stereocenters. The van der Waals surface area contributed by atoms with Gasteiger partial charge in [-0.25, -0.2) is 4.98 Å². The van der Waals surface area contributed by atoms with Crippen molar-refractivity contribution in [2.75, 3.05) is 19.5 Å². The van der Waals surface area contributed by atoms with Gasteiger partial charge < -0.3 is 19.9 Å². The lowest BCUT2D eigenvalue weighted by atomic mass is 10.2. The fraction of sp³-hybridized carbons (Fsp3) is 0.286. The summed E-state index contributed by atoms with van der Waals surface area (Å²) in [7, 11) is 1.64. The number of benzene rings is 2. The molecule has 3 rings (SSSR count). The molecule has 0 aliphatic carbocycles. The predicted molar refractivity (Wildman–Crippen MR) is 104 cm³/mol. The molecule has 0 spiro atoms. The Balaban J connectivity index is 1.51. The molecule has 1 heterocycles. The second-order valence-electron chi connectivity index (χ2n) is 6.13. The van der Waals surface area contributed by atoms with Crippen molar-refractivity contribution in [3.63, 3.8) is 0 Å². The van der Waals surface area contributed by atoms with Crippen molar-refractivity contribution < 1.29 is 14.2 Å². The highest BCUT2D eigenvalue weighted by atomic mass is 16.5. The van der Waals surface area contributed by atoms with Gasteiger partial charge in [0.2, 0.25) is 0 Å². The van der Waals surface area contributed by atoms with Gasteiger partial charge in [0.05, 0.1) is 25.3 Å². The van der Waals surface area contributed by atoms with Crippen molar-refractivity contribution >= 4 is 16.7 Å². The van der Waals surface area contributed by atoms with Crippen LogP contribution in [0.5, 0.6) is 17.2 Å². The molecule has 0 aliphatic rings. The molecule has 136 valence electrons. The molecule has 5 heteroatoms. The fourth-order valence-corrected chi connectivity index (χ4v) is 2.77. The molecule has 0 unspecified atom stereocenters. The number of pyridine rings is 1. The molecule has 0 fully saturated rings. The first kappa shape index (κ1) is 17.9. The first-order valence-electron chi connectivity index (χ1n) is 8.75. The normalized spacial score (nSPS) is 11.9. The van der Waals surface area contributed by atoms with E-state index in [2.05, 4.69) is 4.98 Å². The number of ether oxygens (including phenoxy) is 3. The van der Waals surface area contributed by atoms with Crippen LogP contribution in [0.2, 0.25) is 0 Å². The third-order valence-corrected chi connectivity index (χ3v) is 4.13. The molecule has 2 N–H and O–H groups in total. The second-order valence-corrected chi connectivity index (χ2v) is 6.13. The van der Waals surface area contributed by atoms with E-state index in [0.29, 0.717) is 18.2 Å². The number of hydrogen-bond donors (Lipinski definition) is 1. The van der Waals surface area contributed by atoms with Gasteiger partial charge >= 0.3 is 0 Å². The first-order chi connectivity index (χ1) is 12.7. The molecule has 26 heavy (non-hydrogen) atoms. The van der Waals surface area contributed by atoms with Crippen LogP contribution in [-0.4, -0.2) is 24.8 Å². The summed E-state index contributed by atoms with van der Waals surface area (Å²) in [5.41, 5.74) is 6.89. The Kier molecular flexibility index (Phi) is 5.79. The highest BCUT2D eigenvalue weighted by Gasteiger charge is 2.10. The maximum Gasteiger partial charge on any atom is 0.166 e. The number of nitrogens with zero attached hydrogens (tertiary/aromatic N) is 1. The molecule has 2 aromatic carbocycles. The summed E-state index contributed by atoms with van der Waals surface area (Å²) in [6.45, 7) is 2.62. The number of rotatable bonds is 8. The number of nitrogens with two attached hydrogens (primary N) is 1. The maximum atomic E-state index is 6.02. The largest absolute Gasteiger partial charge is 0.493 e. The lowest BCUT2D eigenvalue weighted by Crippen LogP contribution is -2.14. The maximum absolute atomic E-state index is 6.02. The van der Waals surface area contributed by atoms with Crippen LogP contribution in [0, 0.1) is 0 Å². The van der Waals surface area contributed by atoms with Crippen molar-refractivity contribution in [2.24, 2.45) is 0 Å². The average Bonchev–Trinajstić information content (AvgIpc) is 2.66. The van der Waals surface area contributed by atoms with E-state index in [4.69, 9.17) is 19.9 Å². The number of hydrogen-bond acceptors (Lipinski definition) is 5. The smallest absolute Gasteiger partial charge is 0.166 e. The van der Waals surface area contributed by atoms with Crippen LogP contribution in [0.25, 0.3) is 10.9 Å². The first-order valence-corrected chi connectivity index (χ1v) is 8.75. The van der Waals surface area contributed by atoms with E-state index in [9.17, 15) is 0 Å². The summed E-state index contributed by atoms with van der Waals surface area (Å²) in [6.07, 6.45) is 1.73. The Morgan fingerprint density at radius 3 is 2.54 bits per heavy atom. The molecule has 0 saturated heterocycles. The van der Waals surface area contributed by atoms with Crippen LogP contribution in [-0.2, 0) is 0 Å². The van der Waals surface area contributed by atoms with Gasteiger partial charge in [0, 0.05) is 5.39 Å². The van der Waals surface area contributed by atoms with E-state index < -0.39 is 0 Å². The van der Waals surface area contributed by atoms with Crippen LogP contribution in [0.4, 0.5) is 5.82 Å². The Morgan fingerprint density at radius 2 is 1.73 bits per heavy atom. The topological polar surface area (TPSA) is 66.6 Å². The minimum atomic E-state index is 0.0153. The zero-order valence-electron chi connectivity index (χ0n) is 15.1. The molecule has 3 aromatic rings. The van der Waals surface area contributed by atoms with E-state index in [1.807, 2.05) is 61.5 Å². The zero-order chi connectivity index (χ0) is 18.4. The highest BCUT2D eigenvalue weighted by molar-refractivity contribution is 5.82. The molecular formula is C21H24N2O3. The number of anilines is 1. The Hall–Kier alpha value is -2.95. The fourth-order valence-electron chi connectivity index (χ4n) is 2.77. The number of aromatic nitrogens is 1. The highest BCUT2D eigenvalue weighted by Crippen LogP contribution is 2.27. The second kappa shape index (κ2) is 8.43. The Morgan fingerprint density at radius 1 is 1.00 bits per heavy atom. The molecule has 1 aromatic heterocycles. The number of methoxy groups -OCH3 is 1. The monoisotopic (exact) mass is 352 g/mol. The van der Waals surface area contributed by atoms with Crippen molar-refractivity contribution in [1.82, 2.24) is 4.98 Å². The van der Waals surface area contributed by atoms with Crippen LogP contribution >= 0.6 is 0 Å². The van der Waals surface area contributed by atoms with Gasteiger partial charge in [-0.3, -0.25) is 0 Å². The van der Waals surface area contributed by atoms with Gasteiger partial charge in [0.15, 0.2) is 23.1 Å². The van der Waals surface area contributed by atoms with Crippen molar-refractivity contribution in [1.29, 1.82) is 0 Å². The number of para-hydroxylation sites is 3. The lowest BCUT2D eigenvalue weighted by Gasteiger charge is -2.17. The van der Waals surface area contributed by atoms with Crippen LogP contribution in [0.1, 0.15) is 19.8 Å². The third kappa shape index (κ3) is 4.36. The minimum absolute atomic E-state index is 0.0153. The number of fused-ring (bicyclic) bond motifs is 1. The summed E-state index contributed by atoms with van der Waals surface area (Å²) >= 11 is 0. The zero-order valence-corrected chi connectivity index (χ0v) is 15.1. The van der Waals surface area contributed by atoms with E-state index in [1.165, 1.54) is 0 Å². The third-order valence-electron chi connectivity index (χ3n) is 4.13. The van der Waals surface area contributed by atoms with E-state index in [-0.39, 0.29) is 6.10 Å². The van der Waals surface area contributed by atoms with Gasteiger partial charge in [-0.15, -0.1) is 0 Å². The molecule has 5 nitrogen and oxygen atoms in total. The number of nitrogen functional groups attached to an aromatic ring is 1. The quantitative estimate of drug-likeness (QED) is 0.607. The average molecular weight is 352 g/mol. The summed E-state index contributed by atoms with van der Waals surface area (Å²) < 4.78 is 17.1. The standard InChI is InChI=1S/C21H24N2O3/c1-15(8-7-13-25-19-12-6-5-11-18(19)24-2)26-20-14-16-9-3-4-10-17(16)23-21(20)22/h3-6,9-12,14-15H,7-8,13H2,1-2H3,(H2,22,23)/t15-/m0/s1. The van der Waals surface area contributed by atoms with E-state index >= 15 is 0 Å². The molecule has 0 saturated carbocycles. The van der Waals surface area contributed by atoms with E-state index in [1.54, 1.807) is 7.11 Å². The van der Waals surface area contributed by atoms with Crippen molar-refractivity contribution in [3.05, 3.63) is 54.6 Å². The summed E-state index contributed by atoms with van der Waals surface area (Å²) in [4.78, 5) is 4.40. The Labute approximate surface area is 153 Å². The molecule has 0 bridgehead atoms. The van der Waals surface area contributed by atoms with Crippen molar-refractivity contribution in [3.8, 4) is 17.2 Å². The van der Waals surface area contributed by atoms with E-state index in [0.717, 1.165) is 35.2 Å². The lowest BCUT2D eigenvalue weighted by molar-refractivity contribution is 0.193. The van der Waals surface area contributed by atoms with Gasteiger partial charge in [0.25, 0.3) is 0 Å². The van der Waals surface area contributed by atoms with Crippen LogP contribution in [0.3, 0.4) is 0 Å². The van der Waals surface area contributed by atoms with Gasteiger partial charge in [-0.1, -0.05) is 30.3 Å². The predicted octanol–water partition coefficient (Wildman–Crippen LogP) is 4.45. The molecule has 0 amide bonds. The Bertz CT molecular complexity index is 867. The molecular weight excluding hydrogens is 328 g/mol. The van der Waals surface area contributed by atoms with Gasteiger partial charge in [-0.2, -0.15) is 0 Å². The van der Waals surface area contributed by atoms with Gasteiger partial charge in [0.1, 0.15) is 0 Å². The summed E-state index contributed by atoms with van der Waals surface area (Å²) in [6, 6.07) is 17.4. The van der Waals surface area contributed by atoms with Crippen LogP contribution < -0.4 is 19.9 Å². The minimum Gasteiger partial charge on any atom is -0.493 e. The van der Waals surface area contributed by atoms with Crippen molar-refractivity contribution in [2.45, 2.75) is 25.9 Å². The molecule has 0 radical (unpaired) electrons. The SMILES string of the molecule is COc1ccccc1OCCC[C@H](C)Oc1cc2ccccc2nc1N. The summed E-state index contributed by atoms with van der Waals surface area (Å²) in [5.74, 6) is 2.54. The molecule has 0 aliphatic heterocycles. The summed E-state index contributed by atoms with van der Waals surface area (Å²) in [5, 5.41) is 1.02. The van der Waals surface area contributed by atoms with Gasteiger partial charge in [-0.05, 0) is 44.0 Å². The van der Waals surface area contributed by atoms with Crippen LogP contribution in [0.15, 0.2) is 54.6 Å².